The summed E-state index contributed by atoms with van der Waals surface area (Å²) in [6.45, 7) is 0. The van der Waals surface area contributed by atoms with Crippen LogP contribution in [-0.2, 0) is 111 Å². The van der Waals surface area contributed by atoms with Crippen LogP contribution in [0.15, 0.2) is 0 Å². The van der Waals surface area contributed by atoms with Gasteiger partial charge in [0.25, 0.3) is 0 Å². The van der Waals surface area contributed by atoms with E-state index in [0.717, 1.165) is 0 Å². The van der Waals surface area contributed by atoms with E-state index in [9.17, 15) is 0 Å². The van der Waals surface area contributed by atoms with Crippen molar-refractivity contribution in [3.8, 4) is 0 Å². The van der Waals surface area contributed by atoms with Gasteiger partial charge in [0.15, 0.2) is 0 Å². The summed E-state index contributed by atoms with van der Waals surface area (Å²) < 4.78 is 0. The van der Waals surface area contributed by atoms with Crippen LogP contribution in [-0.4, -0.2) is 0 Å². The Hall–Kier alpha value is 3.11. The maximum Gasteiger partial charge on any atom is 0 e. The summed E-state index contributed by atoms with van der Waals surface area (Å²) in [6, 6.07) is 0. The minimum atomic E-state index is 0. The normalized spacial score (nSPS) is 0.500. The smallest absolute Gasteiger partial charge is 0 e. The minimum Gasteiger partial charge on any atom is -0.577 e. The maximum atomic E-state index is 7.25. The third kappa shape index (κ3) is 62.0. The summed E-state index contributed by atoms with van der Waals surface area (Å²) in [6.07, 6.45) is 0. The third-order valence-corrected chi connectivity index (χ3v) is 0. The molecule has 0 spiro atoms. The van der Waals surface area contributed by atoms with Gasteiger partial charge < -0.3 is 10.5 Å². The molecule has 0 aliphatic carbocycles. The van der Waals surface area contributed by atoms with Gasteiger partial charge in [-0.25, -0.2) is 0 Å². The fourth-order valence-electron chi connectivity index (χ4n) is 0. The second-order valence-electron chi connectivity index (χ2n) is 0. The van der Waals surface area contributed by atoms with Crippen molar-refractivity contribution in [2.24, 2.45) is 0 Å². The van der Waals surface area contributed by atoms with E-state index >= 15 is 0 Å². The van der Waals surface area contributed by atoms with Crippen LogP contribution < -0.4 is 0 Å². The van der Waals surface area contributed by atoms with Crippen molar-refractivity contribution in [2.45, 2.75) is 0 Å². The predicted octanol–water partition coefficient (Wildman–Crippen LogP) is 0.307. The van der Waals surface area contributed by atoms with E-state index in [1.807, 2.05) is 0 Å². The van der Waals surface area contributed by atoms with E-state index in [1.54, 1.807) is 0 Å². The first kappa shape index (κ1) is 67.3. The van der Waals surface area contributed by atoms with Gasteiger partial charge in [-0.1, -0.05) is 0 Å². The third-order valence-electron chi connectivity index (χ3n) is 0. The summed E-state index contributed by atoms with van der Waals surface area (Å²) in [5.74, 6) is 0. The van der Waals surface area contributed by atoms with Crippen LogP contribution in [0.4, 0.5) is 0 Å². The monoisotopic (exact) mass is 336 g/mol. The van der Waals surface area contributed by atoms with E-state index in [0.29, 0.717) is 0 Å². The zero-order valence-corrected chi connectivity index (χ0v) is 11.9. The standard InChI is InChI=1S/NO.6V/c1-2;;;;;;/q-1;;;;;;. The average Bonchev–Trinajstić information content (AvgIpc) is 1.00. The van der Waals surface area contributed by atoms with Crippen molar-refractivity contribution < 1.29 is 111 Å². The van der Waals surface area contributed by atoms with E-state index in [2.05, 4.69) is 0 Å². The zero-order valence-electron chi connectivity index (χ0n) is 3.54. The number of hydrogen-bond donors (Lipinski definition) is 0. The van der Waals surface area contributed by atoms with Crippen LogP contribution >= 0.6 is 0 Å². The van der Waals surface area contributed by atoms with Gasteiger partial charge in [0.05, 0.1) is 0 Å². The molecule has 0 unspecified atom stereocenters. The first-order valence-electron chi connectivity index (χ1n) is 0.183. The van der Waals surface area contributed by atoms with Gasteiger partial charge in [-0.15, -0.1) is 0 Å². The van der Waals surface area contributed by atoms with Crippen molar-refractivity contribution >= 4 is 0 Å². The molecule has 0 amide bonds. The zero-order chi connectivity index (χ0) is 2.00. The molecule has 0 atom stereocenters. The number of rotatable bonds is 0. The van der Waals surface area contributed by atoms with Gasteiger partial charge in [0.1, 0.15) is 0 Å². The summed E-state index contributed by atoms with van der Waals surface area (Å²) in [4.78, 5) is 7.25. The average molecular weight is 336 g/mol. The molecule has 0 aliphatic heterocycles. The molecule has 0 rings (SSSR count). The molecular formula is NOV6-. The number of nitrogens with zero attached hydrogens (tertiary/aromatic N) is 1. The molecule has 0 saturated carbocycles. The Morgan fingerprint density at radius 1 is 0.500 bits per heavy atom. The molecule has 0 heterocycles. The summed E-state index contributed by atoms with van der Waals surface area (Å²) >= 11 is 0. The van der Waals surface area contributed by atoms with Crippen molar-refractivity contribution in [1.82, 2.24) is 0 Å². The van der Waals surface area contributed by atoms with Crippen LogP contribution in [0.1, 0.15) is 0 Å². The Morgan fingerprint density at radius 3 is 0.500 bits per heavy atom. The SMILES string of the molecule is [N-]=O.[V].[V].[V].[V].[V].[V]. The predicted molar refractivity (Wildman–Crippen MR) is 6.73 cm³/mol. The largest absolute Gasteiger partial charge is 0.577 e. The molecule has 0 aromatic rings. The van der Waals surface area contributed by atoms with Crippen LogP contribution in [0.2, 0.25) is 0 Å². The molecule has 0 aliphatic rings. The maximum absolute atomic E-state index is 7.25. The Balaban J connectivity index is -0.000000000333. The fourth-order valence-corrected chi connectivity index (χ4v) is 0. The molecule has 0 bridgehead atoms. The van der Waals surface area contributed by atoms with Crippen molar-refractivity contribution in [3.05, 3.63) is 10.5 Å². The Kier molecular flexibility index (Phi) is 730. The second kappa shape index (κ2) is 86.8. The van der Waals surface area contributed by atoms with E-state index in [4.69, 9.17) is 10.5 Å². The fraction of sp³-hybridized carbons (Fsp3) is 0. The van der Waals surface area contributed by atoms with Gasteiger partial charge in [0.2, 0.25) is 0 Å². The summed E-state index contributed by atoms with van der Waals surface area (Å²) in [5, 5.41) is 0. The molecule has 0 saturated heterocycles. The molecule has 0 fully saturated rings. The molecule has 0 N–H and O–H groups in total. The molecule has 0 aromatic heterocycles. The van der Waals surface area contributed by atoms with Gasteiger partial charge in [-0.05, 0) is 0 Å². The van der Waals surface area contributed by atoms with E-state index < -0.39 is 0 Å². The van der Waals surface area contributed by atoms with Crippen molar-refractivity contribution in [3.63, 3.8) is 0 Å². The molecule has 42 valence electrons. The molecular weight excluding hydrogens is 336 g/mol. The van der Waals surface area contributed by atoms with E-state index in [-0.39, 0.29) is 111 Å². The topological polar surface area (TPSA) is 39.4 Å². The van der Waals surface area contributed by atoms with Crippen LogP contribution in [0.3, 0.4) is 0 Å². The van der Waals surface area contributed by atoms with Crippen LogP contribution in [0.25, 0.3) is 5.59 Å². The summed E-state index contributed by atoms with van der Waals surface area (Å²) in [7, 11) is 0. The quantitative estimate of drug-likeness (QED) is 0.628. The van der Waals surface area contributed by atoms with Gasteiger partial charge >= 0.3 is 0 Å². The Morgan fingerprint density at radius 2 is 0.500 bits per heavy atom. The Bertz CT molecular complexity index is 8.49. The second-order valence-corrected chi connectivity index (χ2v) is 0. The van der Waals surface area contributed by atoms with Crippen molar-refractivity contribution in [2.75, 3.05) is 0 Å². The molecule has 8 heteroatoms. The van der Waals surface area contributed by atoms with Gasteiger partial charge in [0, 0.05) is 111 Å². The first-order valence-corrected chi connectivity index (χ1v) is 0.183. The molecule has 6 radical (unpaired) electrons. The molecule has 0 aromatic carbocycles. The molecule has 8 heavy (non-hydrogen) atoms. The van der Waals surface area contributed by atoms with E-state index in [1.165, 1.54) is 0 Å². The Labute approximate surface area is 120 Å². The van der Waals surface area contributed by atoms with Crippen LogP contribution in [0.5, 0.6) is 0 Å². The first-order chi connectivity index (χ1) is 1.00. The van der Waals surface area contributed by atoms with Crippen LogP contribution in [0, 0.1) is 4.91 Å². The van der Waals surface area contributed by atoms with Crippen molar-refractivity contribution in [1.29, 1.82) is 0 Å². The van der Waals surface area contributed by atoms with Gasteiger partial charge in [-0.2, -0.15) is 0 Å². The minimum absolute atomic E-state index is 0. The van der Waals surface area contributed by atoms with Gasteiger partial charge in [-0.3, -0.25) is 0 Å². The molecule has 2 nitrogen and oxygen atoms in total. The number of nitroso groups, excluding NO2 is 1. The number of hydrogen-bond acceptors (Lipinski definition) is 1. The summed E-state index contributed by atoms with van der Waals surface area (Å²) in [5.41, 5.74) is 5.75.